The second kappa shape index (κ2) is 7.76. The molecule has 120 valence electrons. The molecule has 0 atom stereocenters. The van der Waals surface area contributed by atoms with Crippen LogP contribution >= 0.6 is 11.6 Å². The van der Waals surface area contributed by atoms with Crippen molar-refractivity contribution in [1.82, 2.24) is 4.90 Å². The molecule has 0 aliphatic carbocycles. The highest BCUT2D eigenvalue weighted by molar-refractivity contribution is 6.31. The molecule has 0 heterocycles. The number of amides is 2. The van der Waals surface area contributed by atoms with Crippen LogP contribution in [0.5, 0.6) is 0 Å². The number of anilines is 1. The first-order valence-electron chi connectivity index (χ1n) is 7.08. The van der Waals surface area contributed by atoms with Gasteiger partial charge in [0.2, 0.25) is 5.91 Å². The number of halogens is 1. The van der Waals surface area contributed by atoms with Crippen molar-refractivity contribution in [2.75, 3.05) is 18.9 Å². The molecular formula is C17H18ClN3O2. The summed E-state index contributed by atoms with van der Waals surface area (Å²) in [4.78, 5) is 25.3. The molecule has 6 heteroatoms. The minimum atomic E-state index is -0.578. The van der Waals surface area contributed by atoms with Crippen LogP contribution in [0.4, 0.5) is 5.69 Å². The Morgan fingerprint density at radius 3 is 2.48 bits per heavy atom. The number of para-hydroxylation sites is 1. The summed E-state index contributed by atoms with van der Waals surface area (Å²) < 4.78 is 0. The number of hydrogen-bond acceptors (Lipinski definition) is 3. The molecule has 3 N–H and O–H groups in total. The predicted octanol–water partition coefficient (Wildman–Crippen LogP) is 2.51. The van der Waals surface area contributed by atoms with Crippen LogP contribution in [0.15, 0.2) is 48.5 Å². The highest BCUT2D eigenvalue weighted by Crippen LogP contribution is 2.17. The lowest BCUT2D eigenvalue weighted by Crippen LogP contribution is -2.30. The zero-order chi connectivity index (χ0) is 16.8. The topological polar surface area (TPSA) is 75.4 Å². The number of hydrogen-bond donors (Lipinski definition) is 2. The molecule has 0 saturated carbocycles. The van der Waals surface area contributed by atoms with E-state index in [0.717, 1.165) is 5.56 Å². The maximum Gasteiger partial charge on any atom is 0.250 e. The molecular weight excluding hydrogens is 314 g/mol. The Morgan fingerprint density at radius 2 is 1.78 bits per heavy atom. The van der Waals surface area contributed by atoms with E-state index in [1.807, 2.05) is 36.2 Å². The van der Waals surface area contributed by atoms with Crippen molar-refractivity contribution in [1.29, 1.82) is 0 Å². The minimum absolute atomic E-state index is 0.165. The number of carbonyl (C=O) groups is 2. The van der Waals surface area contributed by atoms with Gasteiger partial charge in [0.25, 0.3) is 5.91 Å². The van der Waals surface area contributed by atoms with Gasteiger partial charge in [0.15, 0.2) is 0 Å². The third kappa shape index (κ3) is 4.81. The zero-order valence-corrected chi connectivity index (χ0v) is 13.5. The van der Waals surface area contributed by atoms with Gasteiger partial charge in [0, 0.05) is 11.6 Å². The van der Waals surface area contributed by atoms with Crippen LogP contribution in [0.25, 0.3) is 0 Å². The Labute approximate surface area is 140 Å². The molecule has 2 aromatic carbocycles. The smallest absolute Gasteiger partial charge is 0.250 e. The van der Waals surface area contributed by atoms with Crippen molar-refractivity contribution >= 4 is 29.1 Å². The van der Waals surface area contributed by atoms with Gasteiger partial charge < -0.3 is 11.1 Å². The number of primary amides is 1. The summed E-state index contributed by atoms with van der Waals surface area (Å²) in [6, 6.07) is 14.1. The van der Waals surface area contributed by atoms with Crippen LogP contribution in [0, 0.1) is 0 Å². The SMILES string of the molecule is CN(CC(=O)Nc1ccccc1C(N)=O)Cc1ccccc1Cl. The van der Waals surface area contributed by atoms with Crippen LogP contribution in [0.1, 0.15) is 15.9 Å². The van der Waals surface area contributed by atoms with E-state index in [2.05, 4.69) is 5.32 Å². The fourth-order valence-corrected chi connectivity index (χ4v) is 2.41. The van der Waals surface area contributed by atoms with Crippen LogP contribution in [-0.2, 0) is 11.3 Å². The van der Waals surface area contributed by atoms with Crippen LogP contribution in [0.3, 0.4) is 0 Å². The number of benzene rings is 2. The van der Waals surface area contributed by atoms with Crippen molar-refractivity contribution in [2.45, 2.75) is 6.54 Å². The quantitative estimate of drug-likeness (QED) is 0.854. The summed E-state index contributed by atoms with van der Waals surface area (Å²) in [5, 5.41) is 3.37. The molecule has 0 spiro atoms. The summed E-state index contributed by atoms with van der Waals surface area (Å²) in [5.74, 6) is -0.807. The standard InChI is InChI=1S/C17H18ClN3O2/c1-21(10-12-6-2-4-8-14(12)18)11-16(22)20-15-9-5-3-7-13(15)17(19)23/h2-9H,10-11H2,1H3,(H2,19,23)(H,20,22). The molecule has 5 nitrogen and oxygen atoms in total. The van der Waals surface area contributed by atoms with Crippen molar-refractivity contribution in [3.05, 3.63) is 64.7 Å². The number of rotatable bonds is 6. The first-order chi connectivity index (χ1) is 11.0. The zero-order valence-electron chi connectivity index (χ0n) is 12.8. The van der Waals surface area contributed by atoms with E-state index in [9.17, 15) is 9.59 Å². The molecule has 23 heavy (non-hydrogen) atoms. The second-order valence-corrected chi connectivity index (χ2v) is 5.63. The van der Waals surface area contributed by atoms with Gasteiger partial charge in [0.1, 0.15) is 0 Å². The maximum absolute atomic E-state index is 12.1. The monoisotopic (exact) mass is 331 g/mol. The van der Waals surface area contributed by atoms with Crippen molar-refractivity contribution in [3.8, 4) is 0 Å². The van der Waals surface area contributed by atoms with Crippen molar-refractivity contribution < 1.29 is 9.59 Å². The highest BCUT2D eigenvalue weighted by atomic mass is 35.5. The fraction of sp³-hybridized carbons (Fsp3) is 0.176. The molecule has 0 unspecified atom stereocenters. The van der Waals surface area contributed by atoms with E-state index < -0.39 is 5.91 Å². The average molecular weight is 332 g/mol. The Balaban J connectivity index is 1.97. The third-order valence-electron chi connectivity index (χ3n) is 3.28. The molecule has 2 rings (SSSR count). The van der Waals surface area contributed by atoms with Crippen LogP contribution in [-0.4, -0.2) is 30.3 Å². The molecule has 0 bridgehead atoms. The van der Waals surface area contributed by atoms with Gasteiger partial charge in [-0.15, -0.1) is 0 Å². The Morgan fingerprint density at radius 1 is 1.13 bits per heavy atom. The van der Waals surface area contributed by atoms with Crippen LogP contribution < -0.4 is 11.1 Å². The Kier molecular flexibility index (Phi) is 5.73. The first kappa shape index (κ1) is 17.0. The second-order valence-electron chi connectivity index (χ2n) is 5.22. The summed E-state index contributed by atoms with van der Waals surface area (Å²) in [5.41, 5.74) is 6.94. The van der Waals surface area contributed by atoms with E-state index in [0.29, 0.717) is 17.3 Å². The predicted molar refractivity (Wildman–Crippen MR) is 91.4 cm³/mol. The summed E-state index contributed by atoms with van der Waals surface area (Å²) in [6.45, 7) is 0.711. The van der Waals surface area contributed by atoms with Gasteiger partial charge in [0.05, 0.1) is 17.8 Å². The lowest BCUT2D eigenvalue weighted by atomic mass is 10.1. The number of nitrogens with two attached hydrogens (primary N) is 1. The summed E-state index contributed by atoms with van der Waals surface area (Å²) >= 11 is 6.11. The van der Waals surface area contributed by atoms with Gasteiger partial charge in [-0.25, -0.2) is 0 Å². The number of carbonyl (C=O) groups excluding carboxylic acids is 2. The molecule has 2 aromatic rings. The van der Waals surface area contributed by atoms with E-state index in [1.54, 1.807) is 24.3 Å². The van der Waals surface area contributed by atoms with Crippen molar-refractivity contribution in [3.63, 3.8) is 0 Å². The van der Waals surface area contributed by atoms with Gasteiger partial charge in [-0.3, -0.25) is 14.5 Å². The molecule has 0 aliphatic heterocycles. The van der Waals surface area contributed by atoms with Gasteiger partial charge in [-0.1, -0.05) is 41.9 Å². The molecule has 0 aromatic heterocycles. The van der Waals surface area contributed by atoms with E-state index in [1.165, 1.54) is 0 Å². The average Bonchev–Trinajstić information content (AvgIpc) is 2.49. The molecule has 0 saturated heterocycles. The molecule has 0 aliphatic rings. The van der Waals surface area contributed by atoms with Crippen molar-refractivity contribution in [2.24, 2.45) is 5.73 Å². The Hall–Kier alpha value is -2.37. The lowest BCUT2D eigenvalue weighted by Gasteiger charge is -2.17. The molecule has 0 radical (unpaired) electrons. The van der Waals surface area contributed by atoms with Gasteiger partial charge in [-0.2, -0.15) is 0 Å². The largest absolute Gasteiger partial charge is 0.366 e. The molecule has 2 amide bonds. The van der Waals surface area contributed by atoms with E-state index in [4.69, 9.17) is 17.3 Å². The van der Waals surface area contributed by atoms with E-state index in [-0.39, 0.29) is 18.0 Å². The third-order valence-corrected chi connectivity index (χ3v) is 3.65. The first-order valence-corrected chi connectivity index (χ1v) is 7.46. The highest BCUT2D eigenvalue weighted by Gasteiger charge is 2.12. The maximum atomic E-state index is 12.1. The number of nitrogens with one attached hydrogen (secondary N) is 1. The van der Waals surface area contributed by atoms with E-state index >= 15 is 0 Å². The molecule has 0 fully saturated rings. The number of likely N-dealkylation sites (N-methyl/N-ethyl adjacent to an activating group) is 1. The summed E-state index contributed by atoms with van der Waals surface area (Å²) in [7, 11) is 1.82. The summed E-state index contributed by atoms with van der Waals surface area (Å²) in [6.07, 6.45) is 0. The normalized spacial score (nSPS) is 10.6. The van der Waals surface area contributed by atoms with Gasteiger partial charge >= 0.3 is 0 Å². The van der Waals surface area contributed by atoms with Gasteiger partial charge in [-0.05, 0) is 30.8 Å². The fourth-order valence-electron chi connectivity index (χ4n) is 2.22. The minimum Gasteiger partial charge on any atom is -0.366 e. The Bertz CT molecular complexity index is 718. The number of nitrogens with zero attached hydrogens (tertiary/aromatic N) is 1. The van der Waals surface area contributed by atoms with Crippen LogP contribution in [0.2, 0.25) is 5.02 Å². The lowest BCUT2D eigenvalue weighted by molar-refractivity contribution is -0.117.